The molecule has 18 heavy (non-hydrogen) atoms. The van der Waals surface area contributed by atoms with Crippen molar-refractivity contribution in [3.05, 3.63) is 28.8 Å². The molecule has 0 atom stereocenters. The minimum absolute atomic E-state index is 0.319. The number of carboxylic acids is 1. The smallest absolute Gasteiger partial charge is 0.337 e. The summed E-state index contributed by atoms with van der Waals surface area (Å²) < 4.78 is 0. The third-order valence-electron chi connectivity index (χ3n) is 3.61. The number of hydrogen-bond acceptors (Lipinski definition) is 2. The van der Waals surface area contributed by atoms with Gasteiger partial charge in [-0.3, -0.25) is 0 Å². The largest absolute Gasteiger partial charge is 0.478 e. The van der Waals surface area contributed by atoms with E-state index in [4.69, 9.17) is 11.6 Å². The molecule has 2 rings (SSSR count). The maximum atomic E-state index is 11.2. The minimum atomic E-state index is -0.903. The zero-order valence-electron chi connectivity index (χ0n) is 10.5. The second kappa shape index (κ2) is 5.61. The van der Waals surface area contributed by atoms with Crippen LogP contribution in [-0.4, -0.2) is 24.7 Å². The molecule has 1 aliphatic carbocycles. The van der Waals surface area contributed by atoms with E-state index in [0.29, 0.717) is 22.2 Å². The molecule has 3 nitrogen and oxygen atoms in total. The molecular formula is C14H18ClNO2. The Morgan fingerprint density at radius 3 is 2.72 bits per heavy atom. The van der Waals surface area contributed by atoms with Gasteiger partial charge in [0.1, 0.15) is 0 Å². The molecule has 98 valence electrons. The first-order valence-corrected chi connectivity index (χ1v) is 6.69. The van der Waals surface area contributed by atoms with Crippen molar-refractivity contribution in [2.45, 2.75) is 25.7 Å². The number of nitrogens with zero attached hydrogens (tertiary/aromatic N) is 1. The number of rotatable bonds is 4. The zero-order valence-corrected chi connectivity index (χ0v) is 11.3. The number of halogens is 1. The van der Waals surface area contributed by atoms with Crippen molar-refractivity contribution in [2.75, 3.05) is 18.5 Å². The molecule has 0 heterocycles. The van der Waals surface area contributed by atoms with E-state index in [0.717, 1.165) is 6.54 Å². The monoisotopic (exact) mass is 267 g/mol. The molecule has 0 amide bonds. The Labute approximate surface area is 112 Å². The summed E-state index contributed by atoms with van der Waals surface area (Å²) >= 11 is 5.96. The van der Waals surface area contributed by atoms with Gasteiger partial charge in [-0.1, -0.05) is 24.4 Å². The van der Waals surface area contributed by atoms with Crippen molar-refractivity contribution < 1.29 is 9.90 Å². The highest BCUT2D eigenvalue weighted by Gasteiger charge is 2.20. The van der Waals surface area contributed by atoms with Gasteiger partial charge in [0.15, 0.2) is 0 Å². The quantitative estimate of drug-likeness (QED) is 0.905. The van der Waals surface area contributed by atoms with Crippen LogP contribution >= 0.6 is 11.6 Å². The summed E-state index contributed by atoms with van der Waals surface area (Å²) in [5, 5.41) is 9.77. The maximum Gasteiger partial charge on any atom is 0.337 e. The average Bonchev–Trinajstić information content (AvgIpc) is 2.81. The maximum absolute atomic E-state index is 11.2. The van der Waals surface area contributed by atoms with E-state index in [-0.39, 0.29) is 0 Å². The first kappa shape index (κ1) is 13.2. The standard InChI is InChI=1S/C14H18ClNO2/c1-16(9-10-4-2-3-5-10)13-8-11(15)6-7-12(13)14(17)18/h6-8,10H,2-5,9H2,1H3,(H,17,18). The van der Waals surface area contributed by atoms with E-state index in [1.807, 2.05) is 11.9 Å². The van der Waals surface area contributed by atoms with Crippen LogP contribution in [0.2, 0.25) is 5.02 Å². The minimum Gasteiger partial charge on any atom is -0.478 e. The van der Waals surface area contributed by atoms with Crippen molar-refractivity contribution in [1.29, 1.82) is 0 Å². The van der Waals surface area contributed by atoms with Crippen LogP contribution in [0, 0.1) is 5.92 Å². The predicted molar refractivity (Wildman–Crippen MR) is 73.6 cm³/mol. The predicted octanol–water partition coefficient (Wildman–Crippen LogP) is 3.66. The van der Waals surface area contributed by atoms with Gasteiger partial charge in [-0.2, -0.15) is 0 Å². The topological polar surface area (TPSA) is 40.5 Å². The second-order valence-electron chi connectivity index (χ2n) is 5.00. The fourth-order valence-corrected chi connectivity index (χ4v) is 2.85. The van der Waals surface area contributed by atoms with Crippen LogP contribution < -0.4 is 4.90 Å². The lowest BCUT2D eigenvalue weighted by molar-refractivity contribution is 0.0697. The van der Waals surface area contributed by atoms with Crippen molar-refractivity contribution in [3.8, 4) is 0 Å². The first-order chi connectivity index (χ1) is 8.58. The van der Waals surface area contributed by atoms with Crippen molar-refractivity contribution in [1.82, 2.24) is 0 Å². The Kier molecular flexibility index (Phi) is 4.12. The van der Waals surface area contributed by atoms with Crippen molar-refractivity contribution in [3.63, 3.8) is 0 Å². The summed E-state index contributed by atoms with van der Waals surface area (Å²) in [7, 11) is 1.94. The number of hydrogen-bond donors (Lipinski definition) is 1. The Morgan fingerprint density at radius 1 is 1.44 bits per heavy atom. The van der Waals surface area contributed by atoms with E-state index >= 15 is 0 Å². The lowest BCUT2D eigenvalue weighted by atomic mass is 10.1. The van der Waals surface area contributed by atoms with E-state index < -0.39 is 5.97 Å². The van der Waals surface area contributed by atoms with Crippen LogP contribution in [0.5, 0.6) is 0 Å². The van der Waals surface area contributed by atoms with Gasteiger partial charge in [0.25, 0.3) is 0 Å². The zero-order chi connectivity index (χ0) is 13.1. The SMILES string of the molecule is CN(CC1CCCC1)c1cc(Cl)ccc1C(=O)O. The number of carboxylic acid groups (broad SMARTS) is 1. The van der Waals surface area contributed by atoms with Gasteiger partial charge in [0.05, 0.1) is 11.3 Å². The number of benzene rings is 1. The molecule has 1 fully saturated rings. The Balaban J connectivity index is 2.19. The van der Waals surface area contributed by atoms with Crippen LogP contribution in [0.25, 0.3) is 0 Å². The van der Waals surface area contributed by atoms with E-state index in [1.165, 1.54) is 25.7 Å². The van der Waals surface area contributed by atoms with Crippen LogP contribution in [0.3, 0.4) is 0 Å². The summed E-state index contributed by atoms with van der Waals surface area (Å²) in [5.41, 5.74) is 1.03. The lowest BCUT2D eigenvalue weighted by Gasteiger charge is -2.24. The second-order valence-corrected chi connectivity index (χ2v) is 5.43. The summed E-state index contributed by atoms with van der Waals surface area (Å²) in [4.78, 5) is 13.2. The van der Waals surface area contributed by atoms with Gasteiger partial charge in [0, 0.05) is 18.6 Å². The molecule has 1 N–H and O–H groups in total. The van der Waals surface area contributed by atoms with E-state index in [1.54, 1.807) is 18.2 Å². The molecule has 4 heteroatoms. The molecule has 0 saturated heterocycles. The molecule has 1 aliphatic rings. The van der Waals surface area contributed by atoms with Gasteiger partial charge in [-0.15, -0.1) is 0 Å². The average molecular weight is 268 g/mol. The normalized spacial score (nSPS) is 15.9. The Bertz CT molecular complexity index is 441. The van der Waals surface area contributed by atoms with Crippen molar-refractivity contribution >= 4 is 23.3 Å². The summed E-state index contributed by atoms with van der Waals surface area (Å²) in [6, 6.07) is 4.93. The highest BCUT2D eigenvalue weighted by atomic mass is 35.5. The molecule has 0 aromatic heterocycles. The van der Waals surface area contributed by atoms with Gasteiger partial charge >= 0.3 is 5.97 Å². The van der Waals surface area contributed by atoms with Gasteiger partial charge < -0.3 is 10.0 Å². The third-order valence-corrected chi connectivity index (χ3v) is 3.84. The molecule has 0 aliphatic heterocycles. The first-order valence-electron chi connectivity index (χ1n) is 6.32. The molecule has 1 saturated carbocycles. The molecule has 1 aromatic rings. The number of anilines is 1. The fourth-order valence-electron chi connectivity index (χ4n) is 2.68. The van der Waals surface area contributed by atoms with Crippen LogP contribution in [0.1, 0.15) is 36.0 Å². The third kappa shape index (κ3) is 2.96. The number of carbonyl (C=O) groups is 1. The molecule has 0 unspecified atom stereocenters. The summed E-state index contributed by atoms with van der Waals surface area (Å²) in [5.74, 6) is -0.226. The molecule has 0 bridgehead atoms. The molecule has 0 spiro atoms. The van der Waals surface area contributed by atoms with E-state index in [9.17, 15) is 9.90 Å². The van der Waals surface area contributed by atoms with Gasteiger partial charge in [-0.25, -0.2) is 4.79 Å². The Hall–Kier alpha value is -1.22. The molecule has 0 radical (unpaired) electrons. The van der Waals surface area contributed by atoms with Crippen LogP contribution in [0.4, 0.5) is 5.69 Å². The molecule has 1 aromatic carbocycles. The Morgan fingerprint density at radius 2 is 2.11 bits per heavy atom. The highest BCUT2D eigenvalue weighted by molar-refractivity contribution is 6.31. The van der Waals surface area contributed by atoms with Gasteiger partial charge in [0.2, 0.25) is 0 Å². The van der Waals surface area contributed by atoms with Crippen LogP contribution in [0.15, 0.2) is 18.2 Å². The van der Waals surface area contributed by atoms with Crippen LogP contribution in [-0.2, 0) is 0 Å². The number of aromatic carboxylic acids is 1. The highest BCUT2D eigenvalue weighted by Crippen LogP contribution is 2.29. The summed E-state index contributed by atoms with van der Waals surface area (Å²) in [6.07, 6.45) is 5.07. The molecular weight excluding hydrogens is 250 g/mol. The summed E-state index contributed by atoms with van der Waals surface area (Å²) in [6.45, 7) is 0.903. The lowest BCUT2D eigenvalue weighted by Crippen LogP contribution is -2.25. The van der Waals surface area contributed by atoms with Gasteiger partial charge in [-0.05, 0) is 37.0 Å². The fraction of sp³-hybridized carbons (Fsp3) is 0.500. The van der Waals surface area contributed by atoms with Crippen molar-refractivity contribution in [2.24, 2.45) is 5.92 Å². The van der Waals surface area contributed by atoms with E-state index in [2.05, 4.69) is 0 Å².